The number of ether oxygens (including phenoxy) is 2. The Bertz CT molecular complexity index is 915. The molecule has 2 nitrogen and oxygen atoms in total. The first-order valence-corrected chi connectivity index (χ1v) is 9.19. The van der Waals surface area contributed by atoms with Gasteiger partial charge in [-0.1, -0.05) is 26.2 Å². The average molecular weight is 338 g/mol. The zero-order chi connectivity index (χ0) is 17.1. The van der Waals surface area contributed by atoms with Gasteiger partial charge in [-0.3, -0.25) is 0 Å². The molecule has 0 saturated heterocycles. The lowest BCUT2D eigenvalue weighted by atomic mass is 10.1. The van der Waals surface area contributed by atoms with Crippen molar-refractivity contribution in [2.24, 2.45) is 0 Å². The summed E-state index contributed by atoms with van der Waals surface area (Å²) in [4.78, 5) is 0. The SMILES string of the molecule is C#COc1ccc2c(sc3c(C)c(OCCCCC)ccc32)c1C. The van der Waals surface area contributed by atoms with E-state index in [9.17, 15) is 0 Å². The van der Waals surface area contributed by atoms with Crippen molar-refractivity contribution in [2.45, 2.75) is 40.0 Å². The van der Waals surface area contributed by atoms with Crippen LogP contribution in [0.3, 0.4) is 0 Å². The fourth-order valence-corrected chi connectivity index (χ4v) is 4.29. The van der Waals surface area contributed by atoms with Gasteiger partial charge in [0.15, 0.2) is 0 Å². The Kier molecular flexibility index (Phi) is 4.97. The molecule has 0 atom stereocenters. The van der Waals surface area contributed by atoms with Gasteiger partial charge >= 0.3 is 0 Å². The van der Waals surface area contributed by atoms with Gasteiger partial charge in [-0.2, -0.15) is 0 Å². The van der Waals surface area contributed by atoms with Crippen molar-refractivity contribution in [3.05, 3.63) is 35.4 Å². The van der Waals surface area contributed by atoms with Crippen LogP contribution >= 0.6 is 11.3 Å². The second-order valence-corrected chi connectivity index (χ2v) is 7.03. The van der Waals surface area contributed by atoms with E-state index in [-0.39, 0.29) is 0 Å². The molecule has 0 saturated carbocycles. The van der Waals surface area contributed by atoms with Gasteiger partial charge in [0, 0.05) is 31.3 Å². The van der Waals surface area contributed by atoms with Gasteiger partial charge in [0.2, 0.25) is 0 Å². The first kappa shape index (κ1) is 16.7. The molecule has 24 heavy (non-hydrogen) atoms. The molecule has 0 radical (unpaired) electrons. The summed E-state index contributed by atoms with van der Waals surface area (Å²) in [5, 5.41) is 2.52. The standard InChI is InChI=1S/C21H22O2S/c1-5-7-8-13-23-19-12-10-17-16-9-11-18(22-6-2)14(3)20(16)24-21(17)15(19)4/h2,9-12H,5,7-8,13H2,1,3-4H3. The van der Waals surface area contributed by atoms with Gasteiger partial charge in [0.25, 0.3) is 0 Å². The Morgan fingerprint density at radius 1 is 0.958 bits per heavy atom. The summed E-state index contributed by atoms with van der Waals surface area (Å²) in [6.45, 7) is 7.18. The number of terminal acetylenes is 1. The number of unbranched alkanes of at least 4 members (excludes halogenated alkanes) is 2. The lowest BCUT2D eigenvalue weighted by Gasteiger charge is -2.09. The maximum atomic E-state index is 5.99. The largest absolute Gasteiger partial charge is 0.493 e. The van der Waals surface area contributed by atoms with Crippen molar-refractivity contribution in [1.29, 1.82) is 0 Å². The Morgan fingerprint density at radius 3 is 2.21 bits per heavy atom. The third-order valence-corrected chi connectivity index (χ3v) is 5.84. The number of thiophene rings is 1. The van der Waals surface area contributed by atoms with Crippen LogP contribution in [0.5, 0.6) is 11.5 Å². The first-order chi connectivity index (χ1) is 11.7. The van der Waals surface area contributed by atoms with Crippen LogP contribution in [0.2, 0.25) is 0 Å². The summed E-state index contributed by atoms with van der Waals surface area (Å²) in [7, 11) is 0. The molecule has 0 spiro atoms. The molecule has 0 amide bonds. The van der Waals surface area contributed by atoms with Crippen LogP contribution < -0.4 is 9.47 Å². The van der Waals surface area contributed by atoms with Crippen molar-refractivity contribution in [2.75, 3.05) is 6.61 Å². The lowest BCUT2D eigenvalue weighted by molar-refractivity contribution is 0.305. The second kappa shape index (κ2) is 7.15. The average Bonchev–Trinajstić information content (AvgIpc) is 2.96. The van der Waals surface area contributed by atoms with Gasteiger partial charge in [0.1, 0.15) is 17.6 Å². The van der Waals surface area contributed by atoms with Crippen molar-refractivity contribution in [1.82, 2.24) is 0 Å². The topological polar surface area (TPSA) is 18.5 Å². The molecule has 0 unspecified atom stereocenters. The number of rotatable bonds is 6. The maximum absolute atomic E-state index is 5.99. The molecule has 1 aromatic heterocycles. The van der Waals surface area contributed by atoms with Gasteiger partial charge in [0.05, 0.1) is 6.61 Å². The molecular formula is C21H22O2S. The highest BCUT2D eigenvalue weighted by Gasteiger charge is 2.14. The van der Waals surface area contributed by atoms with E-state index in [0.29, 0.717) is 0 Å². The minimum Gasteiger partial charge on any atom is -0.493 e. The Hall–Kier alpha value is -2.18. The normalized spacial score (nSPS) is 10.9. The molecule has 0 fully saturated rings. The Labute approximate surface area is 147 Å². The minimum atomic E-state index is 0.755. The molecule has 3 heteroatoms. The van der Waals surface area contributed by atoms with E-state index < -0.39 is 0 Å². The fourth-order valence-electron chi connectivity index (χ4n) is 3.00. The molecule has 0 aliphatic rings. The van der Waals surface area contributed by atoms with Crippen LogP contribution in [0.1, 0.15) is 37.3 Å². The lowest BCUT2D eigenvalue weighted by Crippen LogP contribution is -1.98. The summed E-state index contributed by atoms with van der Waals surface area (Å²) in [5.74, 6) is 1.74. The van der Waals surface area contributed by atoms with E-state index in [1.165, 1.54) is 38.6 Å². The minimum absolute atomic E-state index is 0.755. The molecule has 3 aromatic rings. The monoisotopic (exact) mass is 338 g/mol. The van der Waals surface area contributed by atoms with E-state index in [2.05, 4.69) is 45.1 Å². The van der Waals surface area contributed by atoms with Gasteiger partial charge in [-0.15, -0.1) is 11.3 Å². The summed E-state index contributed by atoms with van der Waals surface area (Å²) in [6, 6.07) is 8.30. The smallest absolute Gasteiger partial charge is 0.144 e. The molecule has 2 aromatic carbocycles. The number of fused-ring (bicyclic) bond motifs is 3. The first-order valence-electron chi connectivity index (χ1n) is 8.38. The van der Waals surface area contributed by atoms with Crippen LogP contribution in [0.4, 0.5) is 0 Å². The van der Waals surface area contributed by atoms with Crippen LogP contribution in [0.25, 0.3) is 20.2 Å². The molecule has 0 aliphatic carbocycles. The van der Waals surface area contributed by atoms with Crippen LogP contribution in [-0.2, 0) is 0 Å². The van der Waals surface area contributed by atoms with Crippen molar-refractivity contribution in [3.63, 3.8) is 0 Å². The number of aryl methyl sites for hydroxylation is 2. The van der Waals surface area contributed by atoms with Crippen molar-refractivity contribution < 1.29 is 9.47 Å². The summed E-state index contributed by atoms with van der Waals surface area (Å²) >= 11 is 1.78. The Morgan fingerprint density at radius 2 is 1.58 bits per heavy atom. The van der Waals surface area contributed by atoms with E-state index in [1.54, 1.807) is 11.3 Å². The van der Waals surface area contributed by atoms with Crippen LogP contribution in [0, 0.1) is 26.4 Å². The Balaban J connectivity index is 2.03. The molecular weight excluding hydrogens is 316 g/mol. The number of hydrogen-bond acceptors (Lipinski definition) is 3. The summed E-state index contributed by atoms with van der Waals surface area (Å²) in [5.41, 5.74) is 2.31. The summed E-state index contributed by atoms with van der Waals surface area (Å²) < 4.78 is 13.8. The maximum Gasteiger partial charge on any atom is 0.144 e. The van der Waals surface area contributed by atoms with Gasteiger partial charge in [-0.25, -0.2) is 0 Å². The quantitative estimate of drug-likeness (QED) is 0.393. The van der Waals surface area contributed by atoms with E-state index in [4.69, 9.17) is 15.9 Å². The highest BCUT2D eigenvalue weighted by molar-refractivity contribution is 7.26. The highest BCUT2D eigenvalue weighted by Crippen LogP contribution is 2.42. The van der Waals surface area contributed by atoms with Crippen LogP contribution in [-0.4, -0.2) is 6.61 Å². The predicted molar refractivity (Wildman–Crippen MR) is 103 cm³/mol. The van der Waals surface area contributed by atoms with E-state index in [0.717, 1.165) is 30.1 Å². The molecule has 3 rings (SSSR count). The molecule has 0 bridgehead atoms. The third kappa shape index (κ3) is 2.95. The molecule has 0 aliphatic heterocycles. The van der Waals surface area contributed by atoms with Crippen molar-refractivity contribution in [3.8, 4) is 24.0 Å². The van der Waals surface area contributed by atoms with Gasteiger partial charge in [-0.05, 0) is 44.5 Å². The zero-order valence-electron chi connectivity index (χ0n) is 14.4. The zero-order valence-corrected chi connectivity index (χ0v) is 15.3. The second-order valence-electron chi connectivity index (χ2n) is 6.01. The molecule has 124 valence electrons. The van der Waals surface area contributed by atoms with E-state index in [1.807, 2.05) is 6.07 Å². The third-order valence-electron chi connectivity index (χ3n) is 4.38. The molecule has 0 N–H and O–H groups in total. The highest BCUT2D eigenvalue weighted by atomic mass is 32.1. The van der Waals surface area contributed by atoms with Crippen molar-refractivity contribution >= 4 is 31.5 Å². The van der Waals surface area contributed by atoms with E-state index >= 15 is 0 Å². The fraction of sp³-hybridized carbons (Fsp3) is 0.333. The number of benzene rings is 2. The van der Waals surface area contributed by atoms with Gasteiger partial charge < -0.3 is 9.47 Å². The number of hydrogen-bond donors (Lipinski definition) is 0. The molecule has 1 heterocycles. The summed E-state index contributed by atoms with van der Waals surface area (Å²) in [6.07, 6.45) is 11.1. The predicted octanol–water partition coefficient (Wildman–Crippen LogP) is 6.21. The van der Waals surface area contributed by atoms with Crippen LogP contribution in [0.15, 0.2) is 24.3 Å².